The number of nitrogens with zero attached hydrogens (tertiary/aromatic N) is 1. The van der Waals surface area contributed by atoms with E-state index in [2.05, 4.69) is 10.2 Å². The molecule has 2 fully saturated rings. The van der Waals surface area contributed by atoms with Gasteiger partial charge in [0.05, 0.1) is 4.88 Å². The Morgan fingerprint density at radius 2 is 1.72 bits per heavy atom. The summed E-state index contributed by atoms with van der Waals surface area (Å²) in [4.78, 5) is 16.8. The van der Waals surface area contributed by atoms with Crippen LogP contribution in [0.2, 0.25) is 10.0 Å². The van der Waals surface area contributed by atoms with Crippen LogP contribution in [0.5, 0.6) is 0 Å². The predicted molar refractivity (Wildman–Crippen MR) is 105 cm³/mol. The molecule has 2 aliphatic rings. The Balaban J connectivity index is 1.39. The zero-order valence-corrected chi connectivity index (χ0v) is 16.1. The van der Waals surface area contributed by atoms with Gasteiger partial charge in [-0.3, -0.25) is 4.79 Å². The lowest BCUT2D eigenvalue weighted by Crippen LogP contribution is -2.45. The molecule has 1 saturated heterocycles. The van der Waals surface area contributed by atoms with Gasteiger partial charge in [0, 0.05) is 40.1 Å². The fourth-order valence-corrected chi connectivity index (χ4v) is 4.84. The van der Waals surface area contributed by atoms with Crippen molar-refractivity contribution in [3.8, 4) is 10.4 Å². The van der Waals surface area contributed by atoms with E-state index in [4.69, 9.17) is 23.2 Å². The molecule has 1 aromatic carbocycles. The van der Waals surface area contributed by atoms with E-state index < -0.39 is 0 Å². The Morgan fingerprint density at radius 3 is 2.36 bits per heavy atom. The van der Waals surface area contributed by atoms with Gasteiger partial charge in [0.1, 0.15) is 0 Å². The number of piperidine rings is 1. The van der Waals surface area contributed by atoms with Crippen LogP contribution in [-0.2, 0) is 0 Å². The maximum atomic E-state index is 12.6. The number of thiophene rings is 1. The second-order valence-electron chi connectivity index (χ2n) is 6.84. The van der Waals surface area contributed by atoms with Crippen LogP contribution in [0.3, 0.4) is 0 Å². The predicted octanol–water partition coefficient (Wildman–Crippen LogP) is 5.08. The zero-order valence-electron chi connectivity index (χ0n) is 13.8. The van der Waals surface area contributed by atoms with Crippen LogP contribution >= 0.6 is 34.5 Å². The Bertz CT molecular complexity index is 759. The first-order valence-corrected chi connectivity index (χ1v) is 10.3. The Morgan fingerprint density at radius 1 is 1.04 bits per heavy atom. The molecule has 0 unspecified atom stereocenters. The van der Waals surface area contributed by atoms with Crippen molar-refractivity contribution in [2.75, 3.05) is 13.1 Å². The number of nitrogens with one attached hydrogen (secondary N) is 1. The lowest BCUT2D eigenvalue weighted by molar-refractivity contribution is 0.0913. The lowest BCUT2D eigenvalue weighted by Gasteiger charge is -2.32. The summed E-state index contributed by atoms with van der Waals surface area (Å²) in [5, 5.41) is 4.40. The van der Waals surface area contributed by atoms with Gasteiger partial charge < -0.3 is 10.2 Å². The summed E-state index contributed by atoms with van der Waals surface area (Å²) in [6, 6.07) is 10.4. The van der Waals surface area contributed by atoms with Gasteiger partial charge in [0.2, 0.25) is 0 Å². The number of halogens is 2. The molecule has 1 N–H and O–H groups in total. The van der Waals surface area contributed by atoms with Crippen LogP contribution in [0.4, 0.5) is 0 Å². The molecule has 132 valence electrons. The van der Waals surface area contributed by atoms with Gasteiger partial charge in [-0.2, -0.15) is 0 Å². The van der Waals surface area contributed by atoms with E-state index in [9.17, 15) is 4.79 Å². The van der Waals surface area contributed by atoms with Crippen molar-refractivity contribution < 1.29 is 4.79 Å². The summed E-state index contributed by atoms with van der Waals surface area (Å²) in [5.74, 6) is 0.0225. The molecule has 1 aliphatic heterocycles. The SMILES string of the molecule is O=C(NC1CCN(C2CC2)CC1)c1ccc(-c2cc(Cl)cc(Cl)c2)s1. The monoisotopic (exact) mass is 394 g/mol. The van der Waals surface area contributed by atoms with Crippen molar-refractivity contribution >= 4 is 40.4 Å². The molecule has 0 atom stereocenters. The summed E-state index contributed by atoms with van der Waals surface area (Å²) in [6.07, 6.45) is 4.79. The third kappa shape index (κ3) is 4.20. The molecule has 25 heavy (non-hydrogen) atoms. The minimum absolute atomic E-state index is 0.0225. The molecule has 1 aliphatic carbocycles. The highest BCUT2D eigenvalue weighted by atomic mass is 35.5. The first-order chi connectivity index (χ1) is 12.1. The topological polar surface area (TPSA) is 32.3 Å². The molecular weight excluding hydrogens is 375 g/mol. The van der Waals surface area contributed by atoms with Crippen molar-refractivity contribution in [1.29, 1.82) is 0 Å². The molecular formula is C19H20Cl2N2OS. The molecule has 1 aromatic heterocycles. The summed E-state index contributed by atoms with van der Waals surface area (Å²) in [5.41, 5.74) is 0.944. The van der Waals surface area contributed by atoms with Crippen LogP contribution in [0, 0.1) is 0 Å². The molecule has 6 heteroatoms. The van der Waals surface area contributed by atoms with Crippen molar-refractivity contribution in [3.05, 3.63) is 45.3 Å². The molecule has 3 nitrogen and oxygen atoms in total. The molecule has 2 heterocycles. The number of likely N-dealkylation sites (tertiary alicyclic amines) is 1. The van der Waals surface area contributed by atoms with E-state index in [0.717, 1.165) is 47.3 Å². The fourth-order valence-electron chi connectivity index (χ4n) is 3.42. The molecule has 0 bridgehead atoms. The summed E-state index contributed by atoms with van der Waals surface area (Å²) in [6.45, 7) is 2.21. The first kappa shape index (κ1) is 17.3. The normalized spacial score (nSPS) is 19.1. The van der Waals surface area contributed by atoms with Gasteiger partial charge >= 0.3 is 0 Å². The minimum Gasteiger partial charge on any atom is -0.349 e. The average Bonchev–Trinajstić information content (AvgIpc) is 3.30. The Kier molecular flexibility index (Phi) is 5.05. The number of amides is 1. The average molecular weight is 395 g/mol. The molecule has 1 saturated carbocycles. The van der Waals surface area contributed by atoms with Crippen molar-refractivity contribution in [3.63, 3.8) is 0 Å². The van der Waals surface area contributed by atoms with Crippen LogP contribution in [0.25, 0.3) is 10.4 Å². The van der Waals surface area contributed by atoms with Gasteiger partial charge in [-0.05, 0) is 61.6 Å². The van der Waals surface area contributed by atoms with Crippen molar-refractivity contribution in [1.82, 2.24) is 10.2 Å². The quantitative estimate of drug-likeness (QED) is 0.783. The molecule has 0 spiro atoms. The number of hydrogen-bond donors (Lipinski definition) is 1. The third-order valence-corrected chi connectivity index (χ3v) is 6.47. The number of hydrogen-bond acceptors (Lipinski definition) is 3. The van der Waals surface area contributed by atoms with Gasteiger partial charge in [-0.1, -0.05) is 23.2 Å². The smallest absolute Gasteiger partial charge is 0.261 e. The second-order valence-corrected chi connectivity index (χ2v) is 8.79. The van der Waals surface area contributed by atoms with Crippen LogP contribution < -0.4 is 5.32 Å². The van der Waals surface area contributed by atoms with Crippen molar-refractivity contribution in [2.24, 2.45) is 0 Å². The van der Waals surface area contributed by atoms with E-state index in [-0.39, 0.29) is 11.9 Å². The Labute approximate surface area is 161 Å². The standard InChI is InChI=1S/C19H20Cl2N2OS/c20-13-9-12(10-14(21)11-13)17-3-4-18(25-17)19(24)22-15-5-7-23(8-6-15)16-1-2-16/h3-4,9-11,15-16H,1-2,5-8H2,(H,22,24). The first-order valence-electron chi connectivity index (χ1n) is 8.70. The molecule has 0 radical (unpaired) electrons. The zero-order chi connectivity index (χ0) is 17.4. The van der Waals surface area contributed by atoms with Crippen LogP contribution in [-0.4, -0.2) is 36.0 Å². The van der Waals surface area contributed by atoms with Gasteiger partial charge in [0.25, 0.3) is 5.91 Å². The maximum absolute atomic E-state index is 12.6. The number of benzene rings is 1. The van der Waals surface area contributed by atoms with Crippen molar-refractivity contribution in [2.45, 2.75) is 37.8 Å². The second kappa shape index (κ2) is 7.28. The van der Waals surface area contributed by atoms with Crippen LogP contribution in [0.15, 0.2) is 30.3 Å². The number of carbonyl (C=O) groups excluding carboxylic acids is 1. The Hall–Kier alpha value is -1.07. The highest BCUT2D eigenvalue weighted by Crippen LogP contribution is 2.33. The maximum Gasteiger partial charge on any atom is 0.261 e. The molecule has 2 aromatic rings. The van der Waals surface area contributed by atoms with E-state index in [1.54, 1.807) is 6.07 Å². The van der Waals surface area contributed by atoms with E-state index in [0.29, 0.717) is 10.0 Å². The van der Waals surface area contributed by atoms with Gasteiger partial charge in [0.15, 0.2) is 0 Å². The number of carbonyl (C=O) groups is 1. The van der Waals surface area contributed by atoms with Crippen LogP contribution in [0.1, 0.15) is 35.4 Å². The van der Waals surface area contributed by atoms with E-state index in [1.807, 2.05) is 24.3 Å². The number of rotatable bonds is 4. The minimum atomic E-state index is 0.0225. The molecule has 1 amide bonds. The highest BCUT2D eigenvalue weighted by molar-refractivity contribution is 7.17. The van der Waals surface area contributed by atoms with E-state index in [1.165, 1.54) is 24.2 Å². The van der Waals surface area contributed by atoms with E-state index >= 15 is 0 Å². The van der Waals surface area contributed by atoms with Gasteiger partial charge in [-0.25, -0.2) is 0 Å². The fraction of sp³-hybridized carbons (Fsp3) is 0.421. The summed E-state index contributed by atoms with van der Waals surface area (Å²) < 4.78 is 0. The largest absolute Gasteiger partial charge is 0.349 e. The summed E-state index contributed by atoms with van der Waals surface area (Å²) >= 11 is 13.6. The van der Waals surface area contributed by atoms with Gasteiger partial charge in [-0.15, -0.1) is 11.3 Å². The summed E-state index contributed by atoms with van der Waals surface area (Å²) in [7, 11) is 0. The lowest BCUT2D eigenvalue weighted by atomic mass is 10.0. The molecule has 4 rings (SSSR count). The highest BCUT2D eigenvalue weighted by Gasteiger charge is 2.32. The third-order valence-electron chi connectivity index (χ3n) is 4.90.